The summed E-state index contributed by atoms with van der Waals surface area (Å²) in [6.45, 7) is 0. The molecule has 1 aromatic rings. The third kappa shape index (κ3) is 1.88. The number of anilines is 1. The molecule has 0 aliphatic carbocycles. The third-order valence-corrected chi connectivity index (χ3v) is 2.56. The Morgan fingerprint density at radius 1 is 1.44 bits per heavy atom. The van der Waals surface area contributed by atoms with Gasteiger partial charge in [0.15, 0.2) is 0 Å². The van der Waals surface area contributed by atoms with Gasteiger partial charge < -0.3 is 10.0 Å². The van der Waals surface area contributed by atoms with Crippen molar-refractivity contribution in [2.75, 3.05) is 4.90 Å². The minimum atomic E-state index is -0.940. The molecule has 1 aliphatic rings. The number of carbonyl (C=O) groups excluding carboxylic acids is 1. The normalized spacial score (nSPS) is 19.4. The van der Waals surface area contributed by atoms with Gasteiger partial charge >= 0.3 is 5.97 Å². The molecule has 5 heteroatoms. The fraction of sp³-hybridized carbons (Fsp3) is 0.273. The zero-order valence-electron chi connectivity index (χ0n) is 8.39. The lowest BCUT2D eigenvalue weighted by atomic mass is 9.97. The highest BCUT2D eigenvalue weighted by Crippen LogP contribution is 2.29. The van der Waals surface area contributed by atoms with E-state index in [1.807, 2.05) is 0 Å². The van der Waals surface area contributed by atoms with Gasteiger partial charge in [-0.15, -0.1) is 0 Å². The summed E-state index contributed by atoms with van der Waals surface area (Å²) in [5, 5.41) is 8.65. The number of amides is 1. The molecule has 84 valence electrons. The molecule has 1 N–H and O–H groups in total. The Hall–Kier alpha value is -1.91. The van der Waals surface area contributed by atoms with Crippen LogP contribution < -0.4 is 4.90 Å². The quantitative estimate of drug-likeness (QED) is 0.788. The van der Waals surface area contributed by atoms with Gasteiger partial charge in [0, 0.05) is 12.1 Å². The van der Waals surface area contributed by atoms with Gasteiger partial charge in [-0.2, -0.15) is 0 Å². The summed E-state index contributed by atoms with van der Waals surface area (Å²) in [4.78, 5) is 23.3. The van der Waals surface area contributed by atoms with Crippen molar-refractivity contribution >= 4 is 17.6 Å². The van der Waals surface area contributed by atoms with Crippen LogP contribution in [-0.4, -0.2) is 23.0 Å². The first-order chi connectivity index (χ1) is 7.58. The van der Waals surface area contributed by atoms with Crippen molar-refractivity contribution in [1.29, 1.82) is 0 Å². The molecule has 16 heavy (non-hydrogen) atoms. The number of carboxylic acids is 1. The minimum absolute atomic E-state index is 0.0802. The summed E-state index contributed by atoms with van der Waals surface area (Å²) in [5.41, 5.74) is 0.545. The van der Waals surface area contributed by atoms with Crippen molar-refractivity contribution in [1.82, 2.24) is 0 Å². The van der Waals surface area contributed by atoms with E-state index < -0.39 is 5.97 Å². The number of rotatable bonds is 3. The molecule has 1 heterocycles. The van der Waals surface area contributed by atoms with Crippen LogP contribution in [0.3, 0.4) is 0 Å². The molecule has 1 saturated heterocycles. The molecule has 1 amide bonds. The van der Waals surface area contributed by atoms with Crippen molar-refractivity contribution in [2.45, 2.75) is 18.9 Å². The SMILES string of the molecule is O=C(O)CC1CC(=O)N1c1ccc(F)cc1. The molecular weight excluding hydrogens is 213 g/mol. The van der Waals surface area contributed by atoms with Crippen LogP contribution in [-0.2, 0) is 9.59 Å². The Bertz CT molecular complexity index is 429. The average Bonchev–Trinajstić information content (AvgIpc) is 2.20. The van der Waals surface area contributed by atoms with Gasteiger partial charge in [-0.25, -0.2) is 4.39 Å². The van der Waals surface area contributed by atoms with Gasteiger partial charge in [0.2, 0.25) is 5.91 Å². The van der Waals surface area contributed by atoms with Gasteiger partial charge in [-0.3, -0.25) is 9.59 Å². The highest BCUT2D eigenvalue weighted by Gasteiger charge is 2.38. The smallest absolute Gasteiger partial charge is 0.305 e. The Kier molecular flexibility index (Phi) is 2.60. The highest BCUT2D eigenvalue weighted by molar-refractivity contribution is 6.01. The van der Waals surface area contributed by atoms with E-state index in [1.54, 1.807) is 0 Å². The number of hydrogen-bond acceptors (Lipinski definition) is 2. The maximum Gasteiger partial charge on any atom is 0.305 e. The number of benzene rings is 1. The van der Waals surface area contributed by atoms with Gasteiger partial charge in [0.25, 0.3) is 0 Å². The van der Waals surface area contributed by atoms with Crippen molar-refractivity contribution in [2.24, 2.45) is 0 Å². The number of carbonyl (C=O) groups is 2. The van der Waals surface area contributed by atoms with Crippen LogP contribution >= 0.6 is 0 Å². The topological polar surface area (TPSA) is 57.6 Å². The summed E-state index contributed by atoms with van der Waals surface area (Å²) in [6.07, 6.45) is 0.160. The average molecular weight is 223 g/mol. The zero-order valence-corrected chi connectivity index (χ0v) is 8.39. The van der Waals surface area contributed by atoms with Crippen LogP contribution in [0.15, 0.2) is 24.3 Å². The fourth-order valence-electron chi connectivity index (χ4n) is 1.80. The monoisotopic (exact) mass is 223 g/mol. The molecule has 1 unspecified atom stereocenters. The highest BCUT2D eigenvalue weighted by atomic mass is 19.1. The number of β-lactam (4-membered cyclic amide) rings is 1. The van der Waals surface area contributed by atoms with E-state index in [4.69, 9.17) is 5.11 Å². The van der Waals surface area contributed by atoms with Crippen molar-refractivity contribution in [3.63, 3.8) is 0 Å². The molecular formula is C11H10FNO3. The lowest BCUT2D eigenvalue weighted by molar-refractivity contribution is -0.138. The van der Waals surface area contributed by atoms with Crippen LogP contribution in [0, 0.1) is 5.82 Å². The van der Waals surface area contributed by atoms with Gasteiger partial charge in [0.1, 0.15) is 5.82 Å². The molecule has 1 atom stereocenters. The predicted octanol–water partition coefficient (Wildman–Crippen LogP) is 1.41. The standard InChI is InChI=1S/C11H10FNO3/c12-7-1-3-8(4-2-7)13-9(5-10(13)14)6-11(15)16/h1-4,9H,5-6H2,(H,15,16). The number of hydrogen-bond donors (Lipinski definition) is 1. The molecule has 1 fully saturated rings. The van der Waals surface area contributed by atoms with Crippen LogP contribution in [0.4, 0.5) is 10.1 Å². The van der Waals surface area contributed by atoms with Crippen LogP contribution in [0.5, 0.6) is 0 Å². The van der Waals surface area contributed by atoms with E-state index in [0.717, 1.165) is 0 Å². The predicted molar refractivity (Wildman–Crippen MR) is 54.5 cm³/mol. The molecule has 0 spiro atoms. The van der Waals surface area contributed by atoms with E-state index in [9.17, 15) is 14.0 Å². The number of carboxylic acid groups (broad SMARTS) is 1. The number of aliphatic carboxylic acids is 1. The Morgan fingerprint density at radius 3 is 2.56 bits per heavy atom. The summed E-state index contributed by atoms with van der Waals surface area (Å²) in [5.74, 6) is -1.45. The van der Waals surface area contributed by atoms with E-state index in [0.29, 0.717) is 5.69 Å². The molecule has 4 nitrogen and oxygen atoms in total. The summed E-state index contributed by atoms with van der Waals surface area (Å²) in [7, 11) is 0. The molecule has 1 aromatic carbocycles. The fourth-order valence-corrected chi connectivity index (χ4v) is 1.80. The second kappa shape index (κ2) is 3.92. The van der Waals surface area contributed by atoms with E-state index in [2.05, 4.69) is 0 Å². The Morgan fingerprint density at radius 2 is 2.06 bits per heavy atom. The number of halogens is 1. The maximum absolute atomic E-state index is 12.7. The van der Waals surface area contributed by atoms with Crippen LogP contribution in [0.2, 0.25) is 0 Å². The third-order valence-electron chi connectivity index (χ3n) is 2.56. The molecule has 0 radical (unpaired) electrons. The first-order valence-electron chi connectivity index (χ1n) is 4.87. The van der Waals surface area contributed by atoms with E-state index in [1.165, 1.54) is 29.2 Å². The maximum atomic E-state index is 12.7. The van der Waals surface area contributed by atoms with Crippen molar-refractivity contribution in [3.8, 4) is 0 Å². The molecule has 0 bridgehead atoms. The van der Waals surface area contributed by atoms with E-state index in [-0.39, 0.29) is 30.6 Å². The second-order valence-electron chi connectivity index (χ2n) is 3.70. The van der Waals surface area contributed by atoms with E-state index >= 15 is 0 Å². The minimum Gasteiger partial charge on any atom is -0.481 e. The molecule has 1 aliphatic heterocycles. The first-order valence-corrected chi connectivity index (χ1v) is 4.87. The Labute approximate surface area is 91.3 Å². The summed E-state index contributed by atoms with van der Waals surface area (Å²) >= 11 is 0. The molecule has 0 saturated carbocycles. The van der Waals surface area contributed by atoms with Crippen molar-refractivity contribution in [3.05, 3.63) is 30.1 Å². The van der Waals surface area contributed by atoms with Gasteiger partial charge in [0.05, 0.1) is 12.5 Å². The first kappa shape index (κ1) is 10.6. The van der Waals surface area contributed by atoms with Gasteiger partial charge in [-0.05, 0) is 24.3 Å². The van der Waals surface area contributed by atoms with Crippen LogP contribution in [0.25, 0.3) is 0 Å². The molecule has 0 aromatic heterocycles. The lowest BCUT2D eigenvalue weighted by Gasteiger charge is -2.39. The second-order valence-corrected chi connectivity index (χ2v) is 3.70. The van der Waals surface area contributed by atoms with Crippen molar-refractivity contribution < 1.29 is 19.1 Å². The Balaban J connectivity index is 2.15. The number of nitrogens with zero attached hydrogens (tertiary/aromatic N) is 1. The summed E-state index contributed by atoms with van der Waals surface area (Å²) < 4.78 is 12.7. The van der Waals surface area contributed by atoms with Crippen LogP contribution in [0.1, 0.15) is 12.8 Å². The summed E-state index contributed by atoms with van der Waals surface area (Å²) in [6, 6.07) is 5.13. The van der Waals surface area contributed by atoms with Gasteiger partial charge in [-0.1, -0.05) is 0 Å². The molecule has 2 rings (SSSR count). The zero-order chi connectivity index (χ0) is 11.7. The largest absolute Gasteiger partial charge is 0.481 e. The lowest BCUT2D eigenvalue weighted by Crippen LogP contribution is -2.53.